The number of benzene rings is 8. The van der Waals surface area contributed by atoms with Gasteiger partial charge in [-0.25, -0.2) is 50.1 Å². The highest BCUT2D eigenvalue weighted by atomic mass is 32.1. The van der Waals surface area contributed by atoms with Gasteiger partial charge in [-0.05, 0) is 143 Å². The maximum atomic E-state index is 14.4. The second-order valence-electron chi connectivity index (χ2n) is 23.7. The molecule has 8 aromatic carbocycles. The number of carbonyl (C=O) groups excluding carboxylic acids is 4. The van der Waals surface area contributed by atoms with Crippen molar-refractivity contribution in [3.63, 3.8) is 0 Å². The molecule has 8 N–H and O–H groups in total. The zero-order valence-corrected chi connectivity index (χ0v) is 57.9. The molecular formula is C81H53F8N17O4S. The number of H-pyrrole nitrogens is 4. The van der Waals surface area contributed by atoms with Crippen molar-refractivity contribution in [3.8, 4) is 0 Å². The van der Waals surface area contributed by atoms with Crippen molar-refractivity contribution in [2.75, 3.05) is 21.3 Å². The summed E-state index contributed by atoms with van der Waals surface area (Å²) in [5.74, 6) is -5.49. The standard InChI is InChI=1S/C21H14F2N4O.2C20H13F2N5O.C20H13F2N3OS/c22-15-4-1-13(2-5-15)3-6-18-16-11-20(17(23)12-19(16)27-26-18)25-21(28)14-7-9-24-10-8-14;21-14-4-1-12(2-5-14)3-6-17-15-7-19(16(22)8-18(15)27-26-17)25-20(28)13-9-23-11-24-10-13;21-13-4-1-12(2-5-13)3-6-16-14-9-18(15(22)10-17(14)27-26-16)25-20(28)19-11-23-7-8-24-19;21-13-6-3-12(4-7-13)5-8-16-14-10-18(15(22)11-17(14)25-24-16)23-20(26)19-2-1-9-27-19/h1-12H,(H,25,28)(H,26,27);2*1-11H,(H,25,28)(H,26,27);1-11H,(H,23,26)(H,24,25)/b3*6-3+;8-5+. The maximum absolute atomic E-state index is 14.4. The van der Waals surface area contributed by atoms with Gasteiger partial charge in [-0.3, -0.25) is 49.5 Å². The molecule has 0 radical (unpaired) electrons. The van der Waals surface area contributed by atoms with Crippen LogP contribution in [0.3, 0.4) is 0 Å². The van der Waals surface area contributed by atoms with E-state index in [1.165, 1.54) is 152 Å². The smallest absolute Gasteiger partial charge is 0.275 e. The van der Waals surface area contributed by atoms with Crippen LogP contribution in [0.15, 0.2) is 225 Å². The lowest BCUT2D eigenvalue weighted by molar-refractivity contribution is 0.101. The zero-order valence-electron chi connectivity index (χ0n) is 57.1. The Bertz CT molecular complexity index is 5700. The summed E-state index contributed by atoms with van der Waals surface area (Å²) in [7, 11) is 0. The Labute approximate surface area is 626 Å². The van der Waals surface area contributed by atoms with Crippen LogP contribution in [-0.2, 0) is 0 Å². The van der Waals surface area contributed by atoms with Crippen LogP contribution in [0.4, 0.5) is 57.9 Å². The molecule has 0 aliphatic rings. The number of thiophene rings is 1. The number of carbonyl (C=O) groups is 4. The van der Waals surface area contributed by atoms with E-state index in [1.807, 2.05) is 0 Å². The van der Waals surface area contributed by atoms with Gasteiger partial charge in [-0.2, -0.15) is 20.4 Å². The third-order valence-corrected chi connectivity index (χ3v) is 17.1. The zero-order chi connectivity index (χ0) is 77.3. The molecule has 0 bridgehead atoms. The van der Waals surface area contributed by atoms with Crippen molar-refractivity contribution in [2.24, 2.45) is 0 Å². The summed E-state index contributed by atoms with van der Waals surface area (Å²) in [6.45, 7) is 0. The van der Waals surface area contributed by atoms with Crippen LogP contribution in [-0.4, -0.2) is 89.3 Å². The Kier molecular flexibility index (Phi) is 23.0. The van der Waals surface area contributed by atoms with Gasteiger partial charge in [0.2, 0.25) is 0 Å². The molecule has 0 saturated carbocycles. The predicted molar refractivity (Wildman–Crippen MR) is 410 cm³/mol. The van der Waals surface area contributed by atoms with Crippen LogP contribution in [0.5, 0.6) is 0 Å². The van der Waals surface area contributed by atoms with Crippen LogP contribution < -0.4 is 21.3 Å². The number of amides is 4. The van der Waals surface area contributed by atoms with Crippen molar-refractivity contribution in [1.29, 1.82) is 0 Å². The van der Waals surface area contributed by atoms with Crippen molar-refractivity contribution in [3.05, 3.63) is 338 Å². The fraction of sp³-hybridized carbons (Fsp3) is 0. The first-order chi connectivity index (χ1) is 53.9. The van der Waals surface area contributed by atoms with Crippen LogP contribution in [0.25, 0.3) is 92.2 Å². The third-order valence-electron chi connectivity index (χ3n) is 16.2. The molecule has 21 nitrogen and oxygen atoms in total. The van der Waals surface area contributed by atoms with Gasteiger partial charge < -0.3 is 21.3 Å². The molecule has 16 rings (SSSR count). The van der Waals surface area contributed by atoms with Crippen molar-refractivity contribution >= 4 is 150 Å². The van der Waals surface area contributed by atoms with E-state index in [4.69, 9.17) is 0 Å². The Morgan fingerprint density at radius 1 is 0.333 bits per heavy atom. The minimum Gasteiger partial charge on any atom is -0.319 e. The summed E-state index contributed by atoms with van der Waals surface area (Å²) < 4.78 is 109. The first kappa shape index (κ1) is 74.2. The summed E-state index contributed by atoms with van der Waals surface area (Å²) in [4.78, 5) is 68.5. The summed E-state index contributed by atoms with van der Waals surface area (Å²) >= 11 is 1.28. The molecule has 0 unspecified atom stereocenters. The lowest BCUT2D eigenvalue weighted by atomic mass is 10.1. The van der Waals surface area contributed by atoms with E-state index >= 15 is 0 Å². The number of aromatic nitrogens is 13. The molecule has 0 aliphatic heterocycles. The fourth-order valence-corrected chi connectivity index (χ4v) is 11.2. The lowest BCUT2D eigenvalue weighted by Gasteiger charge is -2.07. The molecule has 8 heterocycles. The van der Waals surface area contributed by atoms with Gasteiger partial charge in [0.05, 0.1) is 84.2 Å². The van der Waals surface area contributed by atoms with E-state index in [-0.39, 0.29) is 63.2 Å². The molecule has 0 aliphatic carbocycles. The summed E-state index contributed by atoms with van der Waals surface area (Å²) in [5.41, 5.74) is 8.22. The highest BCUT2D eigenvalue weighted by Gasteiger charge is 2.19. The number of anilines is 4. The molecule has 0 atom stereocenters. The van der Waals surface area contributed by atoms with Gasteiger partial charge in [-0.15, -0.1) is 11.3 Å². The fourth-order valence-electron chi connectivity index (χ4n) is 10.6. The normalized spacial score (nSPS) is 11.2. The Balaban J connectivity index is 0.000000130. The first-order valence-electron chi connectivity index (χ1n) is 33.1. The number of hydrogen-bond acceptors (Lipinski definition) is 14. The summed E-state index contributed by atoms with van der Waals surface area (Å²) in [6.07, 6.45) is 25.1. The molecule has 30 heteroatoms. The molecule has 0 saturated heterocycles. The average molecular weight is 1510 g/mol. The van der Waals surface area contributed by atoms with E-state index < -0.39 is 41.0 Å². The Morgan fingerprint density at radius 2 is 0.676 bits per heavy atom. The number of halogens is 8. The highest BCUT2D eigenvalue weighted by molar-refractivity contribution is 7.12. The third kappa shape index (κ3) is 19.0. The molecule has 548 valence electrons. The Hall–Kier alpha value is -15.1. The van der Waals surface area contributed by atoms with E-state index in [9.17, 15) is 54.3 Å². The molecular weight excluding hydrogens is 1460 g/mol. The lowest BCUT2D eigenvalue weighted by Crippen LogP contribution is -2.14. The molecule has 111 heavy (non-hydrogen) atoms. The highest BCUT2D eigenvalue weighted by Crippen LogP contribution is 2.31. The number of pyridine rings is 1. The topological polar surface area (TPSA) is 296 Å². The molecule has 8 aromatic heterocycles. The van der Waals surface area contributed by atoms with E-state index in [1.54, 1.807) is 133 Å². The van der Waals surface area contributed by atoms with E-state index in [0.717, 1.165) is 22.3 Å². The van der Waals surface area contributed by atoms with Gasteiger partial charge in [-0.1, -0.05) is 78.9 Å². The van der Waals surface area contributed by atoms with Crippen LogP contribution >= 0.6 is 11.3 Å². The second kappa shape index (κ2) is 34.4. The monoisotopic (exact) mass is 1510 g/mol. The summed E-state index contributed by atoms with van der Waals surface area (Å²) in [6, 6.07) is 41.7. The average Bonchev–Trinajstić information content (AvgIpc) is 1.70. The first-order valence-corrected chi connectivity index (χ1v) is 33.9. The van der Waals surface area contributed by atoms with Gasteiger partial charge in [0, 0.05) is 88.6 Å². The molecule has 0 spiro atoms. The van der Waals surface area contributed by atoms with Gasteiger partial charge in [0.15, 0.2) is 0 Å². The minimum absolute atomic E-state index is 0.000912. The van der Waals surface area contributed by atoms with Crippen molar-refractivity contribution in [2.45, 2.75) is 0 Å². The Morgan fingerprint density at radius 3 is 1.01 bits per heavy atom. The number of aromatic amines is 4. The largest absolute Gasteiger partial charge is 0.319 e. The summed E-state index contributed by atoms with van der Waals surface area (Å²) in [5, 5.41) is 42.2. The number of fused-ring (bicyclic) bond motifs is 4. The second-order valence-corrected chi connectivity index (χ2v) is 24.7. The molecule has 4 amide bonds. The number of nitrogens with one attached hydrogen (secondary N) is 8. The number of rotatable bonds is 16. The van der Waals surface area contributed by atoms with E-state index in [0.29, 0.717) is 76.8 Å². The quantitative estimate of drug-likeness (QED) is 0.0418. The van der Waals surface area contributed by atoms with Gasteiger partial charge in [0.1, 0.15) is 58.6 Å². The van der Waals surface area contributed by atoms with Crippen LogP contribution in [0.1, 0.15) is 85.9 Å². The van der Waals surface area contributed by atoms with E-state index in [2.05, 4.69) is 87.0 Å². The SMILES string of the molecule is O=C(Nc1cc2c(/C=C/c3ccc(F)cc3)n[nH]c2cc1F)c1cccs1.O=C(Nc1cc2c(/C=C/c3ccc(F)cc3)n[nH]c2cc1F)c1ccncc1.O=C(Nc1cc2c(/C=C/c3ccc(F)cc3)n[nH]c2cc1F)c1cnccn1.O=C(Nc1cc2c(/C=C/c3ccc(F)cc3)n[nH]c2cc1F)c1cncnc1. The number of hydrogen-bond donors (Lipinski definition) is 8. The van der Waals surface area contributed by atoms with Crippen molar-refractivity contribution in [1.82, 2.24) is 65.7 Å². The molecule has 0 fully saturated rings. The van der Waals surface area contributed by atoms with Crippen molar-refractivity contribution < 1.29 is 54.3 Å². The van der Waals surface area contributed by atoms with Gasteiger partial charge >= 0.3 is 0 Å². The van der Waals surface area contributed by atoms with Crippen LogP contribution in [0, 0.1) is 46.5 Å². The van der Waals surface area contributed by atoms with Gasteiger partial charge in [0.25, 0.3) is 23.6 Å². The maximum Gasteiger partial charge on any atom is 0.275 e. The van der Waals surface area contributed by atoms with Crippen LogP contribution in [0.2, 0.25) is 0 Å². The number of nitrogens with zero attached hydrogens (tertiary/aromatic N) is 9. The predicted octanol–water partition coefficient (Wildman–Crippen LogP) is 18.1. The minimum atomic E-state index is -0.609. The molecule has 16 aromatic rings.